The van der Waals surface area contributed by atoms with Gasteiger partial charge in [0.2, 0.25) is 0 Å². The predicted octanol–water partition coefficient (Wildman–Crippen LogP) is 1.92. The average molecular weight is 347 g/mol. The molecule has 1 heterocycles. The first-order valence-corrected chi connectivity index (χ1v) is 7.00. The van der Waals surface area contributed by atoms with Gasteiger partial charge in [-0.2, -0.15) is 0 Å². The van der Waals surface area contributed by atoms with Crippen LogP contribution in [-0.4, -0.2) is 30.5 Å². The van der Waals surface area contributed by atoms with Crippen LogP contribution in [0.1, 0.15) is 18.4 Å². The van der Waals surface area contributed by atoms with Crippen LogP contribution in [0.25, 0.3) is 0 Å². The highest BCUT2D eigenvalue weighted by molar-refractivity contribution is 14.1. The molecule has 0 spiro atoms. The first-order valence-electron chi connectivity index (χ1n) is 5.92. The predicted molar refractivity (Wildman–Crippen MR) is 75.9 cm³/mol. The van der Waals surface area contributed by atoms with E-state index in [-0.39, 0.29) is 12.1 Å². The summed E-state index contributed by atoms with van der Waals surface area (Å²) >= 11 is 2.32. The van der Waals surface area contributed by atoms with Crippen LogP contribution in [0.3, 0.4) is 0 Å². The van der Waals surface area contributed by atoms with E-state index in [0.29, 0.717) is 6.61 Å². The number of hydrogen-bond donors (Lipinski definition) is 2. The summed E-state index contributed by atoms with van der Waals surface area (Å²) in [4.78, 5) is 0. The minimum atomic E-state index is -0.0317. The van der Waals surface area contributed by atoms with Crippen LogP contribution in [0, 0.1) is 3.57 Å². The van der Waals surface area contributed by atoms with Crippen molar-refractivity contribution in [1.82, 2.24) is 5.32 Å². The topological polar surface area (TPSA) is 41.5 Å². The quantitative estimate of drug-likeness (QED) is 0.800. The van der Waals surface area contributed by atoms with Crippen LogP contribution in [0.4, 0.5) is 0 Å². The van der Waals surface area contributed by atoms with E-state index < -0.39 is 0 Å². The van der Waals surface area contributed by atoms with Crippen molar-refractivity contribution in [2.24, 2.45) is 0 Å². The molecule has 1 aliphatic rings. The van der Waals surface area contributed by atoms with Gasteiger partial charge in [0.15, 0.2) is 0 Å². The number of halogens is 1. The van der Waals surface area contributed by atoms with Crippen LogP contribution in [0.5, 0.6) is 0 Å². The highest BCUT2D eigenvalue weighted by Gasteiger charge is 2.33. The van der Waals surface area contributed by atoms with E-state index in [1.807, 2.05) is 0 Å². The summed E-state index contributed by atoms with van der Waals surface area (Å²) in [6.45, 7) is 2.54. The van der Waals surface area contributed by atoms with E-state index in [1.54, 1.807) is 0 Å². The Hall–Kier alpha value is -0.170. The molecule has 0 amide bonds. The van der Waals surface area contributed by atoms with E-state index in [4.69, 9.17) is 9.84 Å². The second-order valence-corrected chi connectivity index (χ2v) is 5.79. The molecule has 1 aromatic rings. The number of aliphatic hydroxyl groups excluding tert-OH is 1. The molecule has 0 radical (unpaired) electrons. The van der Waals surface area contributed by atoms with Gasteiger partial charge >= 0.3 is 0 Å². The third-order valence-electron chi connectivity index (χ3n) is 3.25. The van der Waals surface area contributed by atoms with Gasteiger partial charge in [-0.05, 0) is 53.1 Å². The van der Waals surface area contributed by atoms with Crippen LogP contribution >= 0.6 is 22.6 Å². The average Bonchev–Trinajstić information content (AvgIpc) is 2.76. The zero-order valence-corrected chi connectivity index (χ0v) is 11.9. The van der Waals surface area contributed by atoms with Crippen LogP contribution in [0.15, 0.2) is 24.3 Å². The second-order valence-electron chi connectivity index (χ2n) is 4.54. The molecule has 1 atom stereocenters. The highest BCUT2D eigenvalue weighted by atomic mass is 127. The fourth-order valence-electron chi connectivity index (χ4n) is 2.18. The summed E-state index contributed by atoms with van der Waals surface area (Å²) in [6, 6.07) is 8.46. The third kappa shape index (κ3) is 3.64. The van der Waals surface area contributed by atoms with Gasteiger partial charge < -0.3 is 15.2 Å². The van der Waals surface area contributed by atoms with E-state index >= 15 is 0 Å². The standard InChI is InChI=1S/C13H18INO2/c14-12-3-1-2-11(8-12)9-15-13(4-6-16)5-7-17-10-13/h1-3,8,15-16H,4-7,9-10H2. The van der Waals surface area contributed by atoms with Crippen molar-refractivity contribution in [1.29, 1.82) is 0 Å². The van der Waals surface area contributed by atoms with Crippen molar-refractivity contribution in [3.63, 3.8) is 0 Å². The second kappa shape index (κ2) is 6.13. The monoisotopic (exact) mass is 347 g/mol. The summed E-state index contributed by atoms with van der Waals surface area (Å²) in [5.74, 6) is 0. The fraction of sp³-hybridized carbons (Fsp3) is 0.538. The minimum Gasteiger partial charge on any atom is -0.396 e. The molecule has 1 unspecified atom stereocenters. The molecular formula is C13H18INO2. The van der Waals surface area contributed by atoms with Crippen molar-refractivity contribution >= 4 is 22.6 Å². The number of aliphatic hydroxyl groups is 1. The Kier molecular flexibility index (Phi) is 4.78. The van der Waals surface area contributed by atoms with Crippen molar-refractivity contribution in [3.8, 4) is 0 Å². The Morgan fingerprint density at radius 3 is 3.00 bits per heavy atom. The molecule has 17 heavy (non-hydrogen) atoms. The van der Waals surface area contributed by atoms with Gasteiger partial charge in [0, 0.05) is 28.9 Å². The lowest BCUT2D eigenvalue weighted by Crippen LogP contribution is -2.46. The number of rotatable bonds is 5. The zero-order valence-electron chi connectivity index (χ0n) is 9.79. The number of ether oxygens (including phenoxy) is 1. The van der Waals surface area contributed by atoms with Gasteiger partial charge in [-0.25, -0.2) is 0 Å². The Bertz CT molecular complexity index is 364. The molecule has 2 N–H and O–H groups in total. The first kappa shape index (κ1) is 13.3. The van der Waals surface area contributed by atoms with Gasteiger partial charge in [0.05, 0.1) is 6.61 Å². The smallest absolute Gasteiger partial charge is 0.0650 e. The first-order chi connectivity index (χ1) is 8.24. The molecule has 0 saturated carbocycles. The van der Waals surface area contributed by atoms with Gasteiger partial charge in [-0.1, -0.05) is 12.1 Å². The summed E-state index contributed by atoms with van der Waals surface area (Å²) < 4.78 is 6.70. The fourth-order valence-corrected chi connectivity index (χ4v) is 2.79. The summed E-state index contributed by atoms with van der Waals surface area (Å²) in [5, 5.41) is 12.7. The van der Waals surface area contributed by atoms with Gasteiger partial charge in [-0.3, -0.25) is 0 Å². The van der Waals surface area contributed by atoms with E-state index in [9.17, 15) is 0 Å². The lowest BCUT2D eigenvalue weighted by molar-refractivity contribution is 0.146. The number of benzene rings is 1. The number of hydrogen-bond acceptors (Lipinski definition) is 3. The maximum atomic E-state index is 9.14. The molecule has 4 heteroatoms. The van der Waals surface area contributed by atoms with Crippen molar-refractivity contribution in [3.05, 3.63) is 33.4 Å². The number of nitrogens with one attached hydrogen (secondary N) is 1. The SMILES string of the molecule is OCCC1(NCc2cccc(I)c2)CCOC1. The Morgan fingerprint density at radius 2 is 2.35 bits per heavy atom. The van der Waals surface area contributed by atoms with Crippen molar-refractivity contribution < 1.29 is 9.84 Å². The minimum absolute atomic E-state index is 0.0317. The molecule has 0 bridgehead atoms. The molecule has 0 aliphatic carbocycles. The molecule has 1 saturated heterocycles. The molecular weight excluding hydrogens is 329 g/mol. The van der Waals surface area contributed by atoms with E-state index in [0.717, 1.165) is 26.0 Å². The lowest BCUT2D eigenvalue weighted by atomic mass is 9.94. The van der Waals surface area contributed by atoms with Gasteiger partial charge in [0.1, 0.15) is 0 Å². The Balaban J connectivity index is 1.95. The van der Waals surface area contributed by atoms with Crippen molar-refractivity contribution in [2.45, 2.75) is 24.9 Å². The Morgan fingerprint density at radius 1 is 1.47 bits per heavy atom. The van der Waals surface area contributed by atoms with Gasteiger partial charge in [-0.15, -0.1) is 0 Å². The molecule has 2 rings (SSSR count). The maximum absolute atomic E-state index is 9.14. The van der Waals surface area contributed by atoms with Crippen molar-refractivity contribution in [2.75, 3.05) is 19.8 Å². The van der Waals surface area contributed by atoms with E-state index in [1.165, 1.54) is 9.13 Å². The molecule has 1 aromatic carbocycles. The molecule has 94 valence electrons. The molecule has 1 fully saturated rings. The van der Waals surface area contributed by atoms with Crippen LogP contribution < -0.4 is 5.32 Å². The molecule has 1 aliphatic heterocycles. The van der Waals surface area contributed by atoms with E-state index in [2.05, 4.69) is 52.2 Å². The lowest BCUT2D eigenvalue weighted by Gasteiger charge is -2.28. The summed E-state index contributed by atoms with van der Waals surface area (Å²) in [5.41, 5.74) is 1.25. The maximum Gasteiger partial charge on any atom is 0.0650 e. The Labute approximate surface area is 116 Å². The third-order valence-corrected chi connectivity index (χ3v) is 3.92. The normalized spacial score (nSPS) is 24.1. The summed E-state index contributed by atoms with van der Waals surface area (Å²) in [7, 11) is 0. The molecule has 0 aromatic heterocycles. The van der Waals surface area contributed by atoms with Crippen LogP contribution in [-0.2, 0) is 11.3 Å². The van der Waals surface area contributed by atoms with Gasteiger partial charge in [0.25, 0.3) is 0 Å². The molecule has 3 nitrogen and oxygen atoms in total. The largest absolute Gasteiger partial charge is 0.396 e. The highest BCUT2D eigenvalue weighted by Crippen LogP contribution is 2.23. The zero-order chi connectivity index (χ0) is 12.1. The summed E-state index contributed by atoms with van der Waals surface area (Å²) in [6.07, 6.45) is 1.74. The van der Waals surface area contributed by atoms with Crippen LogP contribution in [0.2, 0.25) is 0 Å².